The summed E-state index contributed by atoms with van der Waals surface area (Å²) in [6, 6.07) is 9.94. The third-order valence-corrected chi connectivity index (χ3v) is 4.37. The molecule has 1 aliphatic heterocycles. The molecule has 8 heteroatoms. The number of phenolic OH excluding ortho intramolecular Hbond substituents is 1. The van der Waals surface area contributed by atoms with Gasteiger partial charge in [-0.15, -0.1) is 4.40 Å². The number of phenols is 1. The van der Waals surface area contributed by atoms with Crippen LogP contribution in [0.1, 0.15) is 0 Å². The molecule has 0 saturated carbocycles. The maximum Gasteiger partial charge on any atom is 0.215 e. The van der Waals surface area contributed by atoms with E-state index in [0.717, 1.165) is 0 Å². The van der Waals surface area contributed by atoms with Crippen molar-refractivity contribution in [2.45, 2.75) is 4.90 Å². The van der Waals surface area contributed by atoms with E-state index in [2.05, 4.69) is 15.0 Å². The Morgan fingerprint density at radius 2 is 2.00 bits per heavy atom. The van der Waals surface area contributed by atoms with E-state index in [4.69, 9.17) is 23.2 Å². The molecular weight excluding hydrogens is 333 g/mol. The van der Waals surface area contributed by atoms with Crippen molar-refractivity contribution < 1.29 is 9.32 Å². The smallest absolute Gasteiger partial charge is 0.215 e. The number of anilines is 2. The van der Waals surface area contributed by atoms with Gasteiger partial charge in [0.15, 0.2) is 11.0 Å². The summed E-state index contributed by atoms with van der Waals surface area (Å²) >= 11 is 11.9. The lowest BCUT2D eigenvalue weighted by atomic mass is 10.3. The van der Waals surface area contributed by atoms with Crippen molar-refractivity contribution in [1.82, 2.24) is 0 Å². The molecular formula is C13H9Cl2N3O2S. The zero-order chi connectivity index (χ0) is 15.0. The van der Waals surface area contributed by atoms with Crippen LogP contribution in [0.15, 0.2) is 45.7 Å². The van der Waals surface area contributed by atoms with Gasteiger partial charge in [-0.3, -0.25) is 0 Å². The van der Waals surface area contributed by atoms with Crippen molar-refractivity contribution in [3.05, 3.63) is 46.4 Å². The van der Waals surface area contributed by atoms with Crippen LogP contribution in [0, 0.1) is 0 Å². The quantitative estimate of drug-likeness (QED) is 0.692. The first-order valence-electron chi connectivity index (χ1n) is 5.86. The molecule has 1 atom stereocenters. The van der Waals surface area contributed by atoms with E-state index in [1.165, 1.54) is 12.1 Å². The fourth-order valence-corrected chi connectivity index (χ4v) is 3.22. The van der Waals surface area contributed by atoms with Crippen LogP contribution in [-0.4, -0.2) is 15.3 Å². The van der Waals surface area contributed by atoms with Gasteiger partial charge in [-0.2, -0.15) is 0 Å². The number of para-hydroxylation sites is 1. The SMILES string of the molecule is O=S1N=C(Nc2ccccc2Cl)Nc2c(O)cc(Cl)cc21. The Bertz CT molecular complexity index is 780. The zero-order valence-corrected chi connectivity index (χ0v) is 12.8. The Morgan fingerprint density at radius 1 is 1.24 bits per heavy atom. The minimum atomic E-state index is -1.67. The lowest BCUT2D eigenvalue weighted by Crippen LogP contribution is -2.26. The summed E-state index contributed by atoms with van der Waals surface area (Å²) in [5.74, 6) is 0.130. The van der Waals surface area contributed by atoms with E-state index in [1.54, 1.807) is 24.3 Å². The van der Waals surface area contributed by atoms with Crippen LogP contribution in [0.3, 0.4) is 0 Å². The summed E-state index contributed by atoms with van der Waals surface area (Å²) in [6.45, 7) is 0. The molecule has 2 aromatic rings. The average Bonchev–Trinajstić information content (AvgIpc) is 2.43. The van der Waals surface area contributed by atoms with Crippen molar-refractivity contribution in [2.75, 3.05) is 10.6 Å². The van der Waals surface area contributed by atoms with E-state index >= 15 is 0 Å². The van der Waals surface area contributed by atoms with Crippen LogP contribution in [0.5, 0.6) is 5.75 Å². The van der Waals surface area contributed by atoms with E-state index < -0.39 is 11.0 Å². The summed E-state index contributed by atoms with van der Waals surface area (Å²) in [6.07, 6.45) is 0. The highest BCUT2D eigenvalue weighted by atomic mass is 35.5. The lowest BCUT2D eigenvalue weighted by Gasteiger charge is -2.20. The topological polar surface area (TPSA) is 73.7 Å². The van der Waals surface area contributed by atoms with Crippen molar-refractivity contribution in [3.63, 3.8) is 0 Å². The molecule has 0 radical (unpaired) electrons. The Hall–Kier alpha value is -1.76. The minimum absolute atomic E-state index is 0.0980. The first-order chi connectivity index (χ1) is 10.0. The standard InChI is InChI=1S/C13H9Cl2N3O2S/c14-7-5-10(19)12-11(6-7)21(20)18-13(17-12)16-9-4-2-1-3-8(9)15/h1-6,19H,(H2,16,17,18). The van der Waals surface area contributed by atoms with Crippen LogP contribution in [0.25, 0.3) is 0 Å². The molecule has 0 aromatic heterocycles. The molecule has 5 nitrogen and oxygen atoms in total. The zero-order valence-electron chi connectivity index (χ0n) is 10.4. The summed E-state index contributed by atoms with van der Waals surface area (Å²) in [5.41, 5.74) is 0.918. The molecule has 0 spiro atoms. The lowest BCUT2D eigenvalue weighted by molar-refractivity contribution is 0.476. The van der Waals surface area contributed by atoms with Gasteiger partial charge in [0.25, 0.3) is 0 Å². The van der Waals surface area contributed by atoms with Gasteiger partial charge in [0.2, 0.25) is 5.96 Å². The third kappa shape index (κ3) is 2.83. The number of nitrogens with zero attached hydrogens (tertiary/aromatic N) is 1. The molecule has 1 heterocycles. The minimum Gasteiger partial charge on any atom is -0.506 e. The van der Waals surface area contributed by atoms with Crippen LogP contribution in [-0.2, 0) is 11.0 Å². The number of benzene rings is 2. The van der Waals surface area contributed by atoms with E-state index in [-0.39, 0.29) is 11.7 Å². The van der Waals surface area contributed by atoms with Crippen LogP contribution < -0.4 is 10.6 Å². The third-order valence-electron chi connectivity index (χ3n) is 2.78. The normalized spacial score (nSPS) is 16.7. The first-order valence-corrected chi connectivity index (χ1v) is 7.72. The van der Waals surface area contributed by atoms with Gasteiger partial charge in [-0.25, -0.2) is 4.21 Å². The highest BCUT2D eigenvalue weighted by Crippen LogP contribution is 2.36. The number of halogens is 2. The number of guanidine groups is 1. The van der Waals surface area contributed by atoms with Crippen LogP contribution >= 0.6 is 23.2 Å². The largest absolute Gasteiger partial charge is 0.506 e. The van der Waals surface area contributed by atoms with E-state index in [1.807, 2.05) is 0 Å². The van der Waals surface area contributed by atoms with Crippen molar-refractivity contribution in [2.24, 2.45) is 4.40 Å². The molecule has 0 fully saturated rings. The Labute approximate surface area is 133 Å². The molecule has 108 valence electrons. The molecule has 21 heavy (non-hydrogen) atoms. The molecule has 0 aliphatic carbocycles. The molecule has 0 amide bonds. The predicted octanol–water partition coefficient (Wildman–Crippen LogP) is 3.62. The monoisotopic (exact) mass is 341 g/mol. The second-order valence-corrected chi connectivity index (χ2v) is 6.18. The molecule has 1 unspecified atom stereocenters. The summed E-state index contributed by atoms with van der Waals surface area (Å²) in [4.78, 5) is 0.324. The molecule has 3 N–H and O–H groups in total. The Balaban J connectivity index is 1.94. The fourth-order valence-electron chi connectivity index (χ4n) is 1.85. The first kappa shape index (κ1) is 14.2. The van der Waals surface area contributed by atoms with Crippen molar-refractivity contribution >= 4 is 51.5 Å². The number of aromatic hydroxyl groups is 1. The second kappa shape index (κ2) is 5.55. The molecule has 1 aliphatic rings. The van der Waals surface area contributed by atoms with E-state index in [0.29, 0.717) is 26.3 Å². The number of rotatable bonds is 1. The highest BCUT2D eigenvalue weighted by molar-refractivity contribution is 7.84. The van der Waals surface area contributed by atoms with Crippen molar-refractivity contribution in [3.8, 4) is 5.75 Å². The number of fused-ring (bicyclic) bond motifs is 1. The summed E-state index contributed by atoms with van der Waals surface area (Å²) in [5, 5.41) is 16.5. The maximum absolute atomic E-state index is 12.1. The molecule has 0 saturated heterocycles. The summed E-state index contributed by atoms with van der Waals surface area (Å²) in [7, 11) is -1.67. The Kier molecular flexibility index (Phi) is 3.75. The van der Waals surface area contributed by atoms with E-state index in [9.17, 15) is 9.32 Å². The second-order valence-electron chi connectivity index (χ2n) is 4.22. The summed E-state index contributed by atoms with van der Waals surface area (Å²) < 4.78 is 16.1. The number of nitrogens with one attached hydrogen (secondary N) is 2. The van der Waals surface area contributed by atoms with Crippen LogP contribution in [0.4, 0.5) is 11.4 Å². The number of hydrogen-bond acceptors (Lipinski definition) is 4. The van der Waals surface area contributed by atoms with Gasteiger partial charge < -0.3 is 15.7 Å². The van der Waals surface area contributed by atoms with Crippen molar-refractivity contribution in [1.29, 1.82) is 0 Å². The van der Waals surface area contributed by atoms with Gasteiger partial charge in [-0.05, 0) is 18.2 Å². The molecule has 0 bridgehead atoms. The van der Waals surface area contributed by atoms with Crippen LogP contribution in [0.2, 0.25) is 10.0 Å². The van der Waals surface area contributed by atoms with Gasteiger partial charge in [-0.1, -0.05) is 35.3 Å². The average molecular weight is 342 g/mol. The Morgan fingerprint density at radius 3 is 2.76 bits per heavy atom. The maximum atomic E-state index is 12.1. The molecule has 2 aromatic carbocycles. The number of hydrogen-bond donors (Lipinski definition) is 3. The van der Waals surface area contributed by atoms with Gasteiger partial charge in [0.05, 0.1) is 15.6 Å². The fraction of sp³-hybridized carbons (Fsp3) is 0. The highest BCUT2D eigenvalue weighted by Gasteiger charge is 2.22. The van der Waals surface area contributed by atoms with Gasteiger partial charge in [0.1, 0.15) is 11.4 Å². The van der Waals surface area contributed by atoms with Gasteiger partial charge >= 0.3 is 0 Å². The van der Waals surface area contributed by atoms with Gasteiger partial charge in [0, 0.05) is 11.1 Å². The predicted molar refractivity (Wildman–Crippen MR) is 85.7 cm³/mol. The molecule has 3 rings (SSSR count).